The van der Waals surface area contributed by atoms with Crippen LogP contribution in [0.4, 0.5) is 0 Å². The van der Waals surface area contributed by atoms with Crippen LogP contribution in [0.1, 0.15) is 45.5 Å². The van der Waals surface area contributed by atoms with E-state index < -0.39 is 0 Å². The molecule has 0 saturated carbocycles. The molecule has 1 aliphatic heterocycles. The predicted molar refractivity (Wildman–Crippen MR) is 75.2 cm³/mol. The van der Waals surface area contributed by atoms with Gasteiger partial charge in [0.2, 0.25) is 0 Å². The lowest BCUT2D eigenvalue weighted by Gasteiger charge is -2.33. The summed E-state index contributed by atoms with van der Waals surface area (Å²) in [5, 5.41) is 0. The number of unbranched alkanes of at least 4 members (excludes halogenated alkanes) is 1. The number of hydrogen-bond donors (Lipinski definition) is 0. The van der Waals surface area contributed by atoms with Crippen molar-refractivity contribution in [3.8, 4) is 5.75 Å². The molecule has 0 amide bonds. The second kappa shape index (κ2) is 6.92. The largest absolute Gasteiger partial charge is 0.494 e. The molecule has 0 aromatic heterocycles. The van der Waals surface area contributed by atoms with Crippen molar-refractivity contribution in [1.82, 2.24) is 0 Å². The highest BCUT2D eigenvalue weighted by atomic mass is 16.7. The van der Waals surface area contributed by atoms with Crippen LogP contribution in [0.3, 0.4) is 0 Å². The van der Waals surface area contributed by atoms with Gasteiger partial charge >= 0.3 is 0 Å². The topological polar surface area (TPSA) is 27.7 Å². The third-order valence-corrected chi connectivity index (χ3v) is 3.57. The molecule has 3 atom stereocenters. The Morgan fingerprint density at radius 3 is 2.58 bits per heavy atom. The van der Waals surface area contributed by atoms with Crippen LogP contribution in [0.2, 0.25) is 0 Å². The fourth-order valence-electron chi connectivity index (χ4n) is 1.97. The highest BCUT2D eigenvalue weighted by Gasteiger charge is 2.26. The Hall–Kier alpha value is -1.06. The van der Waals surface area contributed by atoms with Crippen molar-refractivity contribution in [3.05, 3.63) is 29.8 Å². The molecule has 0 spiro atoms. The van der Waals surface area contributed by atoms with Crippen molar-refractivity contribution in [2.24, 2.45) is 5.92 Å². The summed E-state index contributed by atoms with van der Waals surface area (Å²) in [6.45, 7) is 7.93. The highest BCUT2D eigenvalue weighted by Crippen LogP contribution is 2.29. The Bertz CT molecular complexity index is 374. The molecule has 0 N–H and O–H groups in total. The smallest absolute Gasteiger partial charge is 0.184 e. The third kappa shape index (κ3) is 3.95. The molecule has 2 rings (SSSR count). The summed E-state index contributed by atoms with van der Waals surface area (Å²) in [5.41, 5.74) is 1.06. The van der Waals surface area contributed by atoms with Crippen LogP contribution in [-0.4, -0.2) is 19.3 Å². The average Bonchev–Trinajstić information content (AvgIpc) is 2.43. The van der Waals surface area contributed by atoms with Crippen molar-refractivity contribution in [1.29, 1.82) is 0 Å². The van der Waals surface area contributed by atoms with Crippen molar-refractivity contribution >= 4 is 0 Å². The lowest BCUT2D eigenvalue weighted by Crippen LogP contribution is -2.32. The second-order valence-electron chi connectivity index (χ2n) is 5.25. The molecule has 1 aromatic rings. The van der Waals surface area contributed by atoms with Crippen LogP contribution in [0, 0.1) is 5.92 Å². The molecule has 3 heteroatoms. The molecule has 19 heavy (non-hydrogen) atoms. The zero-order valence-electron chi connectivity index (χ0n) is 12.1. The molecule has 3 unspecified atom stereocenters. The molecule has 1 heterocycles. The minimum absolute atomic E-state index is 0.235. The highest BCUT2D eigenvalue weighted by molar-refractivity contribution is 5.28. The average molecular weight is 264 g/mol. The number of ether oxygens (including phenoxy) is 3. The quantitative estimate of drug-likeness (QED) is 0.754. The van der Waals surface area contributed by atoms with Crippen LogP contribution in [0.5, 0.6) is 5.75 Å². The Balaban J connectivity index is 1.91. The maximum Gasteiger partial charge on any atom is 0.184 e. The molecule has 1 aliphatic rings. The number of rotatable bonds is 5. The van der Waals surface area contributed by atoms with Gasteiger partial charge in [-0.05, 0) is 25.5 Å². The summed E-state index contributed by atoms with van der Waals surface area (Å²) >= 11 is 0. The van der Waals surface area contributed by atoms with E-state index in [2.05, 4.69) is 20.8 Å². The first-order valence-electron chi connectivity index (χ1n) is 7.20. The normalized spacial score (nSPS) is 27.2. The molecule has 0 radical (unpaired) electrons. The summed E-state index contributed by atoms with van der Waals surface area (Å²) < 4.78 is 17.2. The van der Waals surface area contributed by atoms with Gasteiger partial charge in [-0.1, -0.05) is 32.4 Å². The van der Waals surface area contributed by atoms with Gasteiger partial charge in [-0.2, -0.15) is 0 Å². The van der Waals surface area contributed by atoms with E-state index in [0.29, 0.717) is 5.92 Å². The Labute approximate surface area is 115 Å². The van der Waals surface area contributed by atoms with Crippen LogP contribution >= 0.6 is 0 Å². The van der Waals surface area contributed by atoms with Gasteiger partial charge in [-0.25, -0.2) is 0 Å². The Morgan fingerprint density at radius 1 is 1.21 bits per heavy atom. The molecule has 3 nitrogen and oxygen atoms in total. The van der Waals surface area contributed by atoms with Gasteiger partial charge in [0.05, 0.1) is 19.3 Å². The van der Waals surface area contributed by atoms with Gasteiger partial charge in [0.1, 0.15) is 5.75 Å². The molecule has 1 aromatic carbocycles. The van der Waals surface area contributed by atoms with Gasteiger partial charge in [-0.3, -0.25) is 0 Å². The standard InChI is InChI=1S/C16H24O3/c1-4-5-10-17-15-8-6-14(7-9-15)16-18-11-12(2)13(3)19-16/h6-9,12-13,16H,4-5,10-11H2,1-3H3. The third-order valence-electron chi connectivity index (χ3n) is 3.57. The van der Waals surface area contributed by atoms with Crippen LogP contribution in [-0.2, 0) is 9.47 Å². The van der Waals surface area contributed by atoms with E-state index in [1.54, 1.807) is 0 Å². The van der Waals surface area contributed by atoms with E-state index in [9.17, 15) is 0 Å². The molecule has 0 aliphatic carbocycles. The zero-order valence-corrected chi connectivity index (χ0v) is 12.1. The zero-order chi connectivity index (χ0) is 13.7. The second-order valence-corrected chi connectivity index (χ2v) is 5.25. The van der Waals surface area contributed by atoms with Gasteiger partial charge in [-0.15, -0.1) is 0 Å². The molecular formula is C16H24O3. The lowest BCUT2D eigenvalue weighted by atomic mass is 10.1. The summed E-state index contributed by atoms with van der Waals surface area (Å²) in [6.07, 6.45) is 2.24. The van der Waals surface area contributed by atoms with E-state index in [-0.39, 0.29) is 12.4 Å². The van der Waals surface area contributed by atoms with E-state index in [0.717, 1.165) is 37.4 Å². The number of hydrogen-bond acceptors (Lipinski definition) is 3. The first-order valence-corrected chi connectivity index (χ1v) is 7.20. The maximum atomic E-state index is 5.86. The van der Waals surface area contributed by atoms with Gasteiger partial charge in [0, 0.05) is 11.5 Å². The van der Waals surface area contributed by atoms with Crippen LogP contribution in [0.25, 0.3) is 0 Å². The predicted octanol–water partition coefficient (Wildman–Crippen LogP) is 3.94. The Morgan fingerprint density at radius 2 is 1.95 bits per heavy atom. The summed E-state index contributed by atoms with van der Waals surface area (Å²) in [7, 11) is 0. The summed E-state index contributed by atoms with van der Waals surface area (Å²) in [6, 6.07) is 8.02. The first-order chi connectivity index (χ1) is 9.20. The maximum absolute atomic E-state index is 5.86. The van der Waals surface area contributed by atoms with Crippen molar-refractivity contribution in [3.63, 3.8) is 0 Å². The molecular weight excluding hydrogens is 240 g/mol. The number of benzene rings is 1. The SMILES string of the molecule is CCCCOc1ccc(C2OCC(C)C(C)O2)cc1. The fourth-order valence-corrected chi connectivity index (χ4v) is 1.97. The van der Waals surface area contributed by atoms with Crippen molar-refractivity contribution in [2.45, 2.75) is 46.0 Å². The summed E-state index contributed by atoms with van der Waals surface area (Å²) in [4.78, 5) is 0. The van der Waals surface area contributed by atoms with Crippen LogP contribution in [0.15, 0.2) is 24.3 Å². The van der Waals surface area contributed by atoms with Gasteiger partial charge < -0.3 is 14.2 Å². The molecule has 106 valence electrons. The van der Waals surface area contributed by atoms with E-state index >= 15 is 0 Å². The minimum atomic E-state index is -0.240. The van der Waals surface area contributed by atoms with E-state index in [1.165, 1.54) is 0 Å². The van der Waals surface area contributed by atoms with E-state index in [4.69, 9.17) is 14.2 Å². The first kappa shape index (κ1) is 14.4. The van der Waals surface area contributed by atoms with Gasteiger partial charge in [0.25, 0.3) is 0 Å². The molecule has 0 bridgehead atoms. The van der Waals surface area contributed by atoms with Crippen LogP contribution < -0.4 is 4.74 Å². The fraction of sp³-hybridized carbons (Fsp3) is 0.625. The minimum Gasteiger partial charge on any atom is -0.494 e. The lowest BCUT2D eigenvalue weighted by molar-refractivity contribution is -0.233. The monoisotopic (exact) mass is 264 g/mol. The van der Waals surface area contributed by atoms with Crippen molar-refractivity contribution in [2.75, 3.05) is 13.2 Å². The summed E-state index contributed by atoms with van der Waals surface area (Å²) in [5.74, 6) is 1.36. The molecule has 1 fully saturated rings. The molecule has 1 saturated heterocycles. The van der Waals surface area contributed by atoms with Gasteiger partial charge in [0.15, 0.2) is 6.29 Å². The Kier molecular flexibility index (Phi) is 5.23. The van der Waals surface area contributed by atoms with Crippen molar-refractivity contribution < 1.29 is 14.2 Å². The van der Waals surface area contributed by atoms with E-state index in [1.807, 2.05) is 24.3 Å².